The first-order valence-electron chi connectivity index (χ1n) is 8.48. The lowest BCUT2D eigenvalue weighted by Crippen LogP contribution is -2.59. The number of aldehydes is 1. The van der Waals surface area contributed by atoms with Gasteiger partial charge in [0.2, 0.25) is 34.6 Å². The van der Waals surface area contributed by atoms with Crippen LogP contribution in [0.4, 0.5) is 0 Å². The van der Waals surface area contributed by atoms with Crippen molar-refractivity contribution in [3.8, 4) is 0 Å². The predicted molar refractivity (Wildman–Crippen MR) is 104 cm³/mol. The van der Waals surface area contributed by atoms with E-state index in [4.69, 9.17) is 11.5 Å². The molecule has 0 aliphatic rings. The van der Waals surface area contributed by atoms with E-state index in [0.29, 0.717) is 11.8 Å². The smallest absolute Gasteiger partial charge is 0.246 e. The normalized spacial score (nSPS) is 15.5. The molecule has 0 rings (SSSR count). The molecule has 3 unspecified atom stereocenters. The molecular formula is C15H26N6O8S. The van der Waals surface area contributed by atoms with Gasteiger partial charge in [-0.15, -0.1) is 11.8 Å². The number of nitrogens with one attached hydrogen (secondary N) is 4. The number of hydrogen-bond acceptors (Lipinski definition) is 10. The number of nitrogens with two attached hydrogens (primary N) is 2. The van der Waals surface area contributed by atoms with E-state index in [1.54, 1.807) is 0 Å². The molecule has 14 nitrogen and oxygen atoms in total. The molecule has 170 valence electrons. The van der Waals surface area contributed by atoms with Gasteiger partial charge in [0.15, 0.2) is 6.29 Å². The van der Waals surface area contributed by atoms with Crippen molar-refractivity contribution in [2.75, 3.05) is 19.4 Å². The van der Waals surface area contributed by atoms with E-state index in [1.165, 1.54) is 13.2 Å². The Labute approximate surface area is 175 Å². The molecule has 4 atom stereocenters. The van der Waals surface area contributed by atoms with Gasteiger partial charge in [0.25, 0.3) is 0 Å². The van der Waals surface area contributed by atoms with E-state index in [1.807, 2.05) is 5.32 Å². The van der Waals surface area contributed by atoms with Gasteiger partial charge in [0.1, 0.15) is 18.1 Å². The molecule has 15 heteroatoms. The summed E-state index contributed by atoms with van der Waals surface area (Å²) in [6, 6.07) is -4.20. The first-order chi connectivity index (χ1) is 13.9. The number of aliphatic hydroxyl groups excluding tert-OH is 1. The summed E-state index contributed by atoms with van der Waals surface area (Å²) >= 11 is 0.585. The average Bonchev–Trinajstić information content (AvgIpc) is 2.70. The van der Waals surface area contributed by atoms with Crippen LogP contribution in [0.1, 0.15) is 13.3 Å². The lowest BCUT2D eigenvalue weighted by Gasteiger charge is -2.25. The van der Waals surface area contributed by atoms with E-state index in [9.17, 15) is 39.0 Å². The number of carbonyl (C=O) groups is 6. The molecule has 10 N–H and O–H groups in total. The van der Waals surface area contributed by atoms with Crippen LogP contribution in [0, 0.1) is 0 Å². The Kier molecular flexibility index (Phi) is 11.6. The van der Waals surface area contributed by atoms with Crippen LogP contribution in [0.3, 0.4) is 0 Å². The van der Waals surface area contributed by atoms with Crippen molar-refractivity contribution in [2.45, 2.75) is 36.5 Å². The fourth-order valence-electron chi connectivity index (χ4n) is 1.93. The Morgan fingerprint density at radius 2 is 1.67 bits per heavy atom. The Balaban J connectivity index is 5.15. The maximum absolute atomic E-state index is 12.3. The Morgan fingerprint density at radius 3 is 2.10 bits per heavy atom. The van der Waals surface area contributed by atoms with Crippen LogP contribution in [-0.2, 0) is 28.8 Å². The number of hydrogen-bond donors (Lipinski definition) is 8. The third-order valence-corrected chi connectivity index (χ3v) is 4.40. The largest absolute Gasteiger partial charge is 0.394 e. The molecular weight excluding hydrogens is 424 g/mol. The van der Waals surface area contributed by atoms with Gasteiger partial charge in [-0.2, -0.15) is 0 Å². The second-order valence-corrected chi connectivity index (χ2v) is 7.01. The number of carbonyl (C=O) groups excluding carboxylic acids is 6. The summed E-state index contributed by atoms with van der Waals surface area (Å²) in [5, 5.41) is 25.2. The average molecular weight is 450 g/mol. The van der Waals surface area contributed by atoms with E-state index in [2.05, 4.69) is 16.0 Å². The third kappa shape index (κ3) is 9.17. The van der Waals surface area contributed by atoms with Gasteiger partial charge < -0.3 is 42.9 Å². The fourth-order valence-corrected chi connectivity index (χ4v) is 2.23. The molecule has 5 amide bonds. The zero-order valence-electron chi connectivity index (χ0n) is 16.3. The Hall–Kier alpha value is -2.75. The van der Waals surface area contributed by atoms with Gasteiger partial charge >= 0.3 is 0 Å². The first-order valence-corrected chi connectivity index (χ1v) is 9.70. The maximum Gasteiger partial charge on any atom is 0.246 e. The molecule has 0 aromatic heterocycles. The van der Waals surface area contributed by atoms with Crippen LogP contribution < -0.4 is 32.7 Å². The van der Waals surface area contributed by atoms with Crippen LogP contribution in [0.2, 0.25) is 0 Å². The number of amides is 5. The van der Waals surface area contributed by atoms with Crippen LogP contribution in [0.15, 0.2) is 0 Å². The second kappa shape index (κ2) is 12.7. The van der Waals surface area contributed by atoms with E-state index in [-0.39, 0.29) is 6.29 Å². The fraction of sp³-hybridized carbons (Fsp3) is 0.600. The highest BCUT2D eigenvalue weighted by molar-refractivity contribution is 8.00. The molecule has 0 saturated carbocycles. The zero-order valence-corrected chi connectivity index (χ0v) is 17.2. The lowest BCUT2D eigenvalue weighted by atomic mass is 10.1. The highest BCUT2D eigenvalue weighted by Crippen LogP contribution is 2.13. The van der Waals surface area contributed by atoms with Gasteiger partial charge in [-0.3, -0.25) is 28.8 Å². The standard InChI is InChI=1S/C15H26N6O8S/c1-7(18-13(27)9(5-22)19-11(25)4-16)12(26)20-8(3-10(17)24)14(28)21-15(29,6-23)30-2/h6-9,22,29H,3-5,16H2,1-2H3,(H2,17,24)(H,18,27)(H,19,25)(H,20,26)(H,21,28)/t7?,8?,9-,15?/m0/s1. The van der Waals surface area contributed by atoms with Crippen molar-refractivity contribution >= 4 is 47.6 Å². The molecule has 0 aromatic rings. The number of aliphatic hydroxyl groups is 2. The van der Waals surface area contributed by atoms with E-state index in [0.717, 1.165) is 0 Å². The molecule has 0 spiro atoms. The number of thioether (sulfide) groups is 1. The third-order valence-electron chi connectivity index (χ3n) is 3.58. The monoisotopic (exact) mass is 450 g/mol. The molecule has 0 heterocycles. The SMILES string of the molecule is CSC(O)(C=O)NC(=O)C(CC(N)=O)NC(=O)C(C)NC(=O)[C@H](CO)NC(=O)CN. The van der Waals surface area contributed by atoms with Gasteiger partial charge in [-0.05, 0) is 13.2 Å². The van der Waals surface area contributed by atoms with Crippen molar-refractivity contribution in [2.24, 2.45) is 11.5 Å². The summed E-state index contributed by atoms with van der Waals surface area (Å²) in [7, 11) is 0. The van der Waals surface area contributed by atoms with Crippen molar-refractivity contribution in [1.29, 1.82) is 0 Å². The highest BCUT2D eigenvalue weighted by atomic mass is 32.2. The minimum atomic E-state index is -2.28. The molecule has 0 radical (unpaired) electrons. The molecule has 0 fully saturated rings. The summed E-state index contributed by atoms with van der Waals surface area (Å²) in [5.41, 5.74) is 10.2. The van der Waals surface area contributed by atoms with Crippen molar-refractivity contribution in [3.05, 3.63) is 0 Å². The van der Waals surface area contributed by atoms with Crippen LogP contribution in [-0.4, -0.2) is 88.6 Å². The second-order valence-electron chi connectivity index (χ2n) is 5.98. The highest BCUT2D eigenvalue weighted by Gasteiger charge is 2.33. The van der Waals surface area contributed by atoms with Gasteiger partial charge in [-0.1, -0.05) is 0 Å². The van der Waals surface area contributed by atoms with Gasteiger partial charge in [0, 0.05) is 0 Å². The Bertz CT molecular complexity index is 678. The molecule has 0 aliphatic carbocycles. The van der Waals surface area contributed by atoms with Crippen LogP contribution in [0.25, 0.3) is 0 Å². The molecule has 0 aliphatic heterocycles. The summed E-state index contributed by atoms with van der Waals surface area (Å²) in [5.74, 6) is -4.58. The van der Waals surface area contributed by atoms with Gasteiger partial charge in [-0.25, -0.2) is 0 Å². The molecule has 0 saturated heterocycles. The van der Waals surface area contributed by atoms with Gasteiger partial charge in [0.05, 0.1) is 19.6 Å². The van der Waals surface area contributed by atoms with Crippen LogP contribution in [0.5, 0.6) is 0 Å². The first kappa shape index (κ1) is 27.2. The van der Waals surface area contributed by atoms with Crippen molar-refractivity contribution < 1.29 is 39.0 Å². The molecule has 0 aromatic carbocycles. The lowest BCUT2D eigenvalue weighted by molar-refractivity contribution is -0.137. The number of rotatable bonds is 13. The summed E-state index contributed by atoms with van der Waals surface area (Å²) in [6.07, 6.45) is 0.717. The topological polar surface area (TPSA) is 243 Å². The van der Waals surface area contributed by atoms with Crippen molar-refractivity contribution in [1.82, 2.24) is 21.3 Å². The quantitative estimate of drug-likeness (QED) is 0.0977. The molecule has 0 bridgehead atoms. The van der Waals surface area contributed by atoms with Crippen molar-refractivity contribution in [3.63, 3.8) is 0 Å². The molecule has 30 heavy (non-hydrogen) atoms. The summed E-state index contributed by atoms with van der Waals surface area (Å²) in [6.45, 7) is 0.0415. The van der Waals surface area contributed by atoms with E-state index >= 15 is 0 Å². The maximum atomic E-state index is 12.3. The van der Waals surface area contributed by atoms with E-state index < -0.39 is 72.3 Å². The Morgan fingerprint density at radius 1 is 1.07 bits per heavy atom. The van der Waals surface area contributed by atoms with Crippen LogP contribution >= 0.6 is 11.8 Å². The predicted octanol–water partition coefficient (Wildman–Crippen LogP) is -5.39. The summed E-state index contributed by atoms with van der Waals surface area (Å²) < 4.78 is 0. The minimum Gasteiger partial charge on any atom is -0.394 e. The zero-order chi connectivity index (χ0) is 23.5. The minimum absolute atomic E-state index is 0.0478. The number of primary amides is 1. The summed E-state index contributed by atoms with van der Waals surface area (Å²) in [4.78, 5) is 70.0.